The second kappa shape index (κ2) is 5.15. The number of carbonyl (C=O) groups excluding carboxylic acids is 1. The van der Waals surface area contributed by atoms with E-state index in [1.54, 1.807) is 0 Å². The molecule has 0 unspecified atom stereocenters. The third-order valence-electron chi connectivity index (χ3n) is 3.90. The zero-order chi connectivity index (χ0) is 15.1. The molecule has 2 aromatic carbocycles. The summed E-state index contributed by atoms with van der Waals surface area (Å²) in [7, 11) is 0. The predicted octanol–water partition coefficient (Wildman–Crippen LogP) is 4.87. The van der Waals surface area contributed by atoms with Crippen molar-refractivity contribution in [1.82, 2.24) is 0 Å². The number of rotatable bonds is 1. The first-order valence-corrected chi connectivity index (χ1v) is 7.66. The monoisotopic (exact) mass is 341 g/mol. The largest absolute Gasteiger partial charge is 0.321 e. The van der Waals surface area contributed by atoms with Crippen molar-refractivity contribution in [1.29, 1.82) is 0 Å². The van der Waals surface area contributed by atoms with Crippen LogP contribution in [0.3, 0.4) is 0 Å². The molecule has 0 radical (unpaired) electrons. The maximum absolute atomic E-state index is 12.3. The second-order valence-electron chi connectivity index (χ2n) is 5.47. The second-order valence-corrected chi connectivity index (χ2v) is 6.32. The summed E-state index contributed by atoms with van der Waals surface area (Å²) in [5.41, 5.74) is 7.15. The van der Waals surface area contributed by atoms with Crippen LogP contribution in [-0.2, 0) is 4.79 Å². The Labute approximate surface area is 133 Å². The van der Waals surface area contributed by atoms with Crippen molar-refractivity contribution in [3.05, 3.63) is 62.6 Å². The van der Waals surface area contributed by atoms with Crippen LogP contribution in [0.2, 0.25) is 0 Å². The molecule has 21 heavy (non-hydrogen) atoms. The molecule has 1 amide bonds. The first-order chi connectivity index (χ1) is 9.97. The molecule has 0 atom stereocenters. The molecule has 1 aliphatic heterocycles. The number of carbonyl (C=O) groups is 1. The number of amides is 1. The van der Waals surface area contributed by atoms with E-state index in [2.05, 4.69) is 53.3 Å². The van der Waals surface area contributed by atoms with Crippen LogP contribution >= 0.6 is 15.9 Å². The van der Waals surface area contributed by atoms with Gasteiger partial charge in [-0.2, -0.15) is 0 Å². The van der Waals surface area contributed by atoms with Crippen LogP contribution in [0, 0.1) is 20.8 Å². The van der Waals surface area contributed by atoms with Gasteiger partial charge >= 0.3 is 0 Å². The molecule has 0 aliphatic carbocycles. The van der Waals surface area contributed by atoms with Gasteiger partial charge in [0.1, 0.15) is 0 Å². The Hall–Kier alpha value is -1.87. The first kappa shape index (κ1) is 14.1. The van der Waals surface area contributed by atoms with Gasteiger partial charge in [0.25, 0.3) is 5.91 Å². The molecule has 2 nitrogen and oxygen atoms in total. The third-order valence-corrected chi connectivity index (χ3v) is 4.75. The SMILES string of the molecule is Cc1ccc(C)c(C=C2C(=O)Nc3ccc(Br)c(C)c32)c1. The Bertz CT molecular complexity index is 790. The van der Waals surface area contributed by atoms with Crippen LogP contribution in [-0.4, -0.2) is 5.91 Å². The Morgan fingerprint density at radius 2 is 1.86 bits per heavy atom. The van der Waals surface area contributed by atoms with Gasteiger partial charge in [0.2, 0.25) is 0 Å². The van der Waals surface area contributed by atoms with Crippen LogP contribution < -0.4 is 5.32 Å². The number of hydrogen-bond acceptors (Lipinski definition) is 1. The van der Waals surface area contributed by atoms with Gasteiger partial charge in [-0.05, 0) is 55.7 Å². The fourth-order valence-corrected chi connectivity index (χ4v) is 2.98. The van der Waals surface area contributed by atoms with Crippen molar-refractivity contribution in [2.75, 3.05) is 5.32 Å². The van der Waals surface area contributed by atoms with Crippen molar-refractivity contribution in [2.24, 2.45) is 0 Å². The quantitative estimate of drug-likeness (QED) is 0.736. The van der Waals surface area contributed by atoms with E-state index in [9.17, 15) is 4.79 Å². The standard InChI is InChI=1S/C18H16BrNO/c1-10-4-5-11(2)13(8-10)9-14-17-12(3)15(19)6-7-16(17)20-18(14)21/h4-9H,1-3H3,(H,20,21). The van der Waals surface area contributed by atoms with E-state index >= 15 is 0 Å². The zero-order valence-corrected chi connectivity index (χ0v) is 13.8. The lowest BCUT2D eigenvalue weighted by atomic mass is 9.97. The molecule has 0 bridgehead atoms. The van der Waals surface area contributed by atoms with E-state index in [1.807, 2.05) is 25.1 Å². The highest BCUT2D eigenvalue weighted by atomic mass is 79.9. The molecule has 0 fully saturated rings. The number of aryl methyl sites for hydroxylation is 2. The lowest BCUT2D eigenvalue weighted by Crippen LogP contribution is -2.03. The zero-order valence-electron chi connectivity index (χ0n) is 12.3. The van der Waals surface area contributed by atoms with E-state index in [1.165, 1.54) is 11.1 Å². The van der Waals surface area contributed by atoms with Crippen molar-refractivity contribution in [2.45, 2.75) is 20.8 Å². The molecule has 3 heteroatoms. The summed E-state index contributed by atoms with van der Waals surface area (Å²) in [6.45, 7) is 6.15. The number of halogens is 1. The van der Waals surface area contributed by atoms with Gasteiger partial charge in [-0.3, -0.25) is 4.79 Å². The Kier molecular flexibility index (Phi) is 3.46. The number of nitrogens with one attached hydrogen (secondary N) is 1. The molecule has 106 valence electrons. The van der Waals surface area contributed by atoms with E-state index in [0.29, 0.717) is 0 Å². The highest BCUT2D eigenvalue weighted by Crippen LogP contribution is 2.38. The van der Waals surface area contributed by atoms with E-state index in [4.69, 9.17) is 0 Å². The molecular formula is C18H16BrNO. The van der Waals surface area contributed by atoms with Gasteiger partial charge in [0.15, 0.2) is 0 Å². The van der Waals surface area contributed by atoms with Crippen LogP contribution in [0.4, 0.5) is 5.69 Å². The van der Waals surface area contributed by atoms with E-state index < -0.39 is 0 Å². The topological polar surface area (TPSA) is 29.1 Å². The summed E-state index contributed by atoms with van der Waals surface area (Å²) in [5, 5.41) is 2.94. The summed E-state index contributed by atoms with van der Waals surface area (Å²) in [4.78, 5) is 12.3. The average molecular weight is 342 g/mol. The van der Waals surface area contributed by atoms with Crippen molar-refractivity contribution in [3.8, 4) is 0 Å². The van der Waals surface area contributed by atoms with Gasteiger partial charge in [0.05, 0.1) is 0 Å². The van der Waals surface area contributed by atoms with Gasteiger partial charge in [-0.25, -0.2) is 0 Å². The van der Waals surface area contributed by atoms with Gasteiger partial charge in [-0.1, -0.05) is 39.7 Å². The fourth-order valence-electron chi connectivity index (χ4n) is 2.65. The van der Waals surface area contributed by atoms with Crippen LogP contribution in [0.1, 0.15) is 27.8 Å². The van der Waals surface area contributed by atoms with Gasteiger partial charge in [0, 0.05) is 21.3 Å². The normalized spacial score (nSPS) is 15.2. The van der Waals surface area contributed by atoms with Crippen LogP contribution in [0.5, 0.6) is 0 Å². The summed E-state index contributed by atoms with van der Waals surface area (Å²) < 4.78 is 1.02. The van der Waals surface area contributed by atoms with E-state index in [0.717, 1.165) is 32.4 Å². The molecule has 0 aromatic heterocycles. The van der Waals surface area contributed by atoms with Gasteiger partial charge < -0.3 is 5.32 Å². The summed E-state index contributed by atoms with van der Waals surface area (Å²) in [6.07, 6.45) is 1.99. The van der Waals surface area contributed by atoms with Crippen molar-refractivity contribution < 1.29 is 4.79 Å². The lowest BCUT2D eigenvalue weighted by Gasteiger charge is -2.07. The summed E-state index contributed by atoms with van der Waals surface area (Å²) >= 11 is 3.54. The first-order valence-electron chi connectivity index (χ1n) is 6.87. The Balaban J connectivity index is 2.21. The minimum absolute atomic E-state index is 0.0351. The maximum atomic E-state index is 12.3. The van der Waals surface area contributed by atoms with Crippen molar-refractivity contribution in [3.63, 3.8) is 0 Å². The molecule has 0 saturated carbocycles. The molecule has 3 rings (SSSR count). The summed E-state index contributed by atoms with van der Waals surface area (Å²) in [6, 6.07) is 10.2. The highest BCUT2D eigenvalue weighted by molar-refractivity contribution is 9.10. The number of anilines is 1. The Morgan fingerprint density at radius 3 is 2.62 bits per heavy atom. The van der Waals surface area contributed by atoms with Crippen LogP contribution in [0.15, 0.2) is 34.8 Å². The smallest absolute Gasteiger partial charge is 0.256 e. The number of benzene rings is 2. The number of fused-ring (bicyclic) bond motifs is 1. The molecule has 0 spiro atoms. The average Bonchev–Trinajstić information content (AvgIpc) is 2.75. The fraction of sp³-hybridized carbons (Fsp3) is 0.167. The third kappa shape index (κ3) is 2.42. The minimum Gasteiger partial charge on any atom is -0.321 e. The molecule has 1 heterocycles. The molecular weight excluding hydrogens is 326 g/mol. The minimum atomic E-state index is -0.0351. The molecule has 1 aliphatic rings. The van der Waals surface area contributed by atoms with Crippen molar-refractivity contribution >= 4 is 39.2 Å². The molecule has 0 saturated heterocycles. The maximum Gasteiger partial charge on any atom is 0.256 e. The molecule has 1 N–H and O–H groups in total. The van der Waals surface area contributed by atoms with Gasteiger partial charge in [-0.15, -0.1) is 0 Å². The molecule has 2 aromatic rings. The van der Waals surface area contributed by atoms with E-state index in [-0.39, 0.29) is 5.91 Å². The summed E-state index contributed by atoms with van der Waals surface area (Å²) in [5.74, 6) is -0.0351. The van der Waals surface area contributed by atoms with Crippen LogP contribution in [0.25, 0.3) is 11.6 Å². The number of hydrogen-bond donors (Lipinski definition) is 1. The lowest BCUT2D eigenvalue weighted by molar-refractivity contribution is -0.110. The highest BCUT2D eigenvalue weighted by Gasteiger charge is 2.26. The predicted molar refractivity (Wildman–Crippen MR) is 91.3 cm³/mol. The Morgan fingerprint density at radius 1 is 1.10 bits per heavy atom.